The molecule has 0 amide bonds. The Morgan fingerprint density at radius 2 is 2.00 bits per heavy atom. The first-order valence-electron chi connectivity index (χ1n) is 7.76. The Bertz CT molecular complexity index is 557. The van der Waals surface area contributed by atoms with Crippen molar-refractivity contribution in [1.82, 2.24) is 0 Å². The van der Waals surface area contributed by atoms with E-state index < -0.39 is 11.4 Å². The number of hydrogen-bond acceptors (Lipinski definition) is 4. The minimum atomic E-state index is -0.811. The van der Waals surface area contributed by atoms with Crippen molar-refractivity contribution >= 4 is 22.2 Å². The Labute approximate surface area is 138 Å². The van der Waals surface area contributed by atoms with Crippen LogP contribution in [0.4, 0.5) is 0 Å². The van der Waals surface area contributed by atoms with Crippen molar-refractivity contribution in [2.24, 2.45) is 11.8 Å². The van der Waals surface area contributed by atoms with E-state index in [-0.39, 0.29) is 16.7 Å². The van der Waals surface area contributed by atoms with E-state index in [0.717, 1.165) is 24.7 Å². The van der Waals surface area contributed by atoms with Crippen LogP contribution in [0.2, 0.25) is 0 Å². The second-order valence-corrected chi connectivity index (χ2v) is 7.55. The quantitative estimate of drug-likeness (QED) is 0.606. The summed E-state index contributed by atoms with van der Waals surface area (Å²) >= 11 is 3.72. The van der Waals surface area contributed by atoms with Gasteiger partial charge in [-0.05, 0) is 12.0 Å². The standard InChI is InChI=1S/C17H19BrO4/c18-14-8-15-16(11-19,22-10-12-4-2-1-3-5-12)13(14)9-17(15)20-6-7-21-17/h1-5,11,13-15H,6-10H2/t13-,14+,15+,16?/m0/s1. The van der Waals surface area contributed by atoms with Crippen molar-refractivity contribution in [2.45, 2.75) is 35.7 Å². The highest BCUT2D eigenvalue weighted by molar-refractivity contribution is 9.09. The SMILES string of the molecule is O=CC1(OCc2ccccc2)[C@H]2CC3(OCCO3)[C@@H]1C[C@H]2Br. The van der Waals surface area contributed by atoms with Crippen molar-refractivity contribution < 1.29 is 19.0 Å². The number of carbonyl (C=O) groups is 1. The van der Waals surface area contributed by atoms with Gasteiger partial charge in [0.1, 0.15) is 5.60 Å². The minimum absolute atomic E-state index is 0.0434. The third-order valence-electron chi connectivity index (χ3n) is 5.35. The lowest BCUT2D eigenvalue weighted by molar-refractivity contribution is -0.209. The average molecular weight is 367 g/mol. The predicted octanol–water partition coefficient (Wildman–Crippen LogP) is 2.69. The molecule has 4 nitrogen and oxygen atoms in total. The van der Waals surface area contributed by atoms with Gasteiger partial charge >= 0.3 is 0 Å². The lowest BCUT2D eigenvalue weighted by atomic mass is 9.91. The summed E-state index contributed by atoms with van der Waals surface area (Å²) in [4.78, 5) is 12.3. The van der Waals surface area contributed by atoms with Crippen LogP contribution in [0.5, 0.6) is 0 Å². The Balaban J connectivity index is 1.61. The molecule has 5 heteroatoms. The molecular formula is C17H19BrO4. The van der Waals surface area contributed by atoms with E-state index in [1.807, 2.05) is 30.3 Å². The first-order valence-corrected chi connectivity index (χ1v) is 8.68. The summed E-state index contributed by atoms with van der Waals surface area (Å²) in [5.41, 5.74) is 0.261. The number of aldehydes is 1. The smallest absolute Gasteiger partial charge is 0.174 e. The molecule has 1 aromatic rings. The predicted molar refractivity (Wildman–Crippen MR) is 83.6 cm³/mol. The molecular weight excluding hydrogens is 348 g/mol. The summed E-state index contributed by atoms with van der Waals surface area (Å²) in [6.07, 6.45) is 2.56. The third-order valence-corrected chi connectivity index (χ3v) is 6.36. The number of ether oxygens (including phenoxy) is 3. The molecule has 4 atom stereocenters. The highest BCUT2D eigenvalue weighted by Gasteiger charge is 2.72. The Kier molecular flexibility index (Phi) is 3.64. The van der Waals surface area contributed by atoms with Crippen LogP contribution in [0.25, 0.3) is 0 Å². The summed E-state index contributed by atoms with van der Waals surface area (Å²) in [6, 6.07) is 9.96. The van der Waals surface area contributed by atoms with Gasteiger partial charge in [-0.1, -0.05) is 46.3 Å². The van der Waals surface area contributed by atoms with E-state index in [0.29, 0.717) is 19.8 Å². The Morgan fingerprint density at radius 1 is 1.27 bits per heavy atom. The van der Waals surface area contributed by atoms with Gasteiger partial charge in [0, 0.05) is 17.2 Å². The van der Waals surface area contributed by atoms with E-state index in [9.17, 15) is 4.79 Å². The highest BCUT2D eigenvalue weighted by Crippen LogP contribution is 2.62. The summed E-state index contributed by atoms with van der Waals surface area (Å²) in [5, 5.41) is 0. The fraction of sp³-hybridized carbons (Fsp3) is 0.588. The third kappa shape index (κ3) is 2.03. The van der Waals surface area contributed by atoms with Crippen LogP contribution in [0.15, 0.2) is 30.3 Å². The van der Waals surface area contributed by atoms with Crippen LogP contribution in [-0.4, -0.2) is 35.7 Å². The normalized spacial score (nSPS) is 38.7. The fourth-order valence-corrected chi connectivity index (χ4v) is 5.33. The monoisotopic (exact) mass is 366 g/mol. The van der Waals surface area contributed by atoms with E-state index in [1.54, 1.807) is 0 Å². The molecule has 2 bridgehead atoms. The molecule has 1 aromatic carbocycles. The van der Waals surface area contributed by atoms with Gasteiger partial charge < -0.3 is 19.0 Å². The highest BCUT2D eigenvalue weighted by atomic mass is 79.9. The topological polar surface area (TPSA) is 44.8 Å². The van der Waals surface area contributed by atoms with E-state index in [1.165, 1.54) is 0 Å². The van der Waals surface area contributed by atoms with Crippen LogP contribution < -0.4 is 0 Å². The summed E-state index contributed by atoms with van der Waals surface area (Å²) in [5.74, 6) is -0.568. The number of hydrogen-bond donors (Lipinski definition) is 0. The van der Waals surface area contributed by atoms with Crippen molar-refractivity contribution in [3.8, 4) is 0 Å². The molecule has 4 rings (SSSR count). The van der Waals surface area contributed by atoms with Crippen LogP contribution >= 0.6 is 15.9 Å². The molecule has 3 fully saturated rings. The van der Waals surface area contributed by atoms with Gasteiger partial charge in [-0.2, -0.15) is 0 Å². The van der Waals surface area contributed by atoms with Crippen molar-refractivity contribution in [1.29, 1.82) is 0 Å². The van der Waals surface area contributed by atoms with Gasteiger partial charge in [0.2, 0.25) is 0 Å². The fourth-order valence-electron chi connectivity index (χ4n) is 4.36. The maximum absolute atomic E-state index is 12.0. The molecule has 1 saturated heterocycles. The second kappa shape index (κ2) is 5.41. The molecule has 1 heterocycles. The maximum atomic E-state index is 12.0. The molecule has 3 aliphatic rings. The van der Waals surface area contributed by atoms with Crippen molar-refractivity contribution in [3.05, 3.63) is 35.9 Å². The largest absolute Gasteiger partial charge is 0.362 e. The second-order valence-electron chi connectivity index (χ2n) is 6.37. The number of rotatable bonds is 4. The van der Waals surface area contributed by atoms with Crippen LogP contribution in [-0.2, 0) is 25.6 Å². The molecule has 0 radical (unpaired) electrons. The van der Waals surface area contributed by atoms with Crippen LogP contribution in [0.1, 0.15) is 18.4 Å². The van der Waals surface area contributed by atoms with Gasteiger partial charge in [0.05, 0.1) is 25.7 Å². The molecule has 118 valence electrons. The molecule has 1 aliphatic heterocycles. The van der Waals surface area contributed by atoms with Gasteiger partial charge in [-0.15, -0.1) is 0 Å². The lowest BCUT2D eigenvalue weighted by Gasteiger charge is -2.34. The molecule has 22 heavy (non-hydrogen) atoms. The first-order chi connectivity index (χ1) is 10.7. The van der Waals surface area contributed by atoms with Crippen molar-refractivity contribution in [2.75, 3.05) is 13.2 Å². The Morgan fingerprint density at radius 3 is 2.68 bits per heavy atom. The number of benzene rings is 1. The molecule has 0 aromatic heterocycles. The van der Waals surface area contributed by atoms with Gasteiger partial charge in [0.25, 0.3) is 0 Å². The van der Waals surface area contributed by atoms with Gasteiger partial charge in [-0.3, -0.25) is 0 Å². The molecule has 2 saturated carbocycles. The molecule has 0 N–H and O–H groups in total. The van der Waals surface area contributed by atoms with Gasteiger partial charge in [0.15, 0.2) is 12.1 Å². The number of carbonyl (C=O) groups excluding carboxylic acids is 1. The van der Waals surface area contributed by atoms with Crippen LogP contribution in [0, 0.1) is 11.8 Å². The Hall–Kier alpha value is -0.750. The zero-order valence-electron chi connectivity index (χ0n) is 12.2. The van der Waals surface area contributed by atoms with Crippen molar-refractivity contribution in [3.63, 3.8) is 0 Å². The summed E-state index contributed by atoms with van der Waals surface area (Å²) < 4.78 is 18.0. The lowest BCUT2D eigenvalue weighted by Crippen LogP contribution is -2.46. The first kappa shape index (κ1) is 14.8. The van der Waals surface area contributed by atoms with Gasteiger partial charge in [-0.25, -0.2) is 0 Å². The summed E-state index contributed by atoms with van der Waals surface area (Å²) in [7, 11) is 0. The molecule has 2 aliphatic carbocycles. The average Bonchev–Trinajstić information content (AvgIpc) is 3.19. The minimum Gasteiger partial charge on any atom is -0.362 e. The zero-order chi connectivity index (χ0) is 15.2. The number of halogens is 1. The van der Waals surface area contributed by atoms with Crippen LogP contribution in [0.3, 0.4) is 0 Å². The summed E-state index contributed by atoms with van der Waals surface area (Å²) in [6.45, 7) is 1.63. The van der Waals surface area contributed by atoms with E-state index >= 15 is 0 Å². The van der Waals surface area contributed by atoms with E-state index in [2.05, 4.69) is 15.9 Å². The van der Waals surface area contributed by atoms with E-state index in [4.69, 9.17) is 14.2 Å². The molecule has 1 spiro atoms. The number of fused-ring (bicyclic) bond motifs is 3. The molecule has 1 unspecified atom stereocenters. The number of alkyl halides is 1. The maximum Gasteiger partial charge on any atom is 0.174 e. The zero-order valence-corrected chi connectivity index (χ0v) is 13.8.